The maximum atomic E-state index is 5.80. The summed E-state index contributed by atoms with van der Waals surface area (Å²) in [5.74, 6) is 0.667. The zero-order chi connectivity index (χ0) is 31.5. The molecule has 5 heterocycles. The molecule has 5 nitrogen and oxygen atoms in total. The van der Waals surface area contributed by atoms with Crippen molar-refractivity contribution in [1.82, 2.24) is 19.9 Å². The van der Waals surface area contributed by atoms with Gasteiger partial charge in [-0.1, -0.05) is 89.7 Å². The van der Waals surface area contributed by atoms with E-state index in [1.54, 1.807) is 6.20 Å². The molecule has 0 saturated heterocycles. The molecule has 0 fully saturated rings. The van der Waals surface area contributed by atoms with E-state index in [4.69, 9.17) is 4.42 Å². The smallest absolute Gasteiger partial charge is 0.217 e. The van der Waals surface area contributed by atoms with Gasteiger partial charge in [0.1, 0.15) is 0 Å². The number of hydrogen-bond acceptors (Lipinski definition) is 5. The zero-order valence-electron chi connectivity index (χ0n) is 27.5. The van der Waals surface area contributed by atoms with Crippen LogP contribution in [0.1, 0.15) is 45.7 Å². The Morgan fingerprint density at radius 3 is 2.33 bits per heavy atom. The molecule has 7 heteroatoms. The monoisotopic (exact) mass is 791 g/mol. The topological polar surface area (TPSA) is 64.7 Å². The van der Waals surface area contributed by atoms with Crippen LogP contribution in [-0.4, -0.2) is 28.0 Å². The summed E-state index contributed by atoms with van der Waals surface area (Å²) in [5, 5.41) is 2.40. The number of hydrogen-bond donors (Lipinski definition) is 0. The third kappa shape index (κ3) is 8.81. The second kappa shape index (κ2) is 14.3. The molecule has 0 saturated carbocycles. The summed E-state index contributed by atoms with van der Waals surface area (Å²) >= 11 is 0. The van der Waals surface area contributed by atoms with Crippen LogP contribution in [0.2, 0.25) is 19.6 Å². The molecule has 6 rings (SSSR count). The average molecular weight is 791 g/mol. The maximum Gasteiger partial charge on any atom is 0.217 e. The predicted molar refractivity (Wildman–Crippen MR) is 185 cm³/mol. The first-order valence-electron chi connectivity index (χ1n) is 15.3. The zero-order valence-corrected chi connectivity index (χ0v) is 30.9. The molecule has 0 spiro atoms. The van der Waals surface area contributed by atoms with E-state index in [2.05, 4.69) is 117 Å². The van der Waals surface area contributed by atoms with Crippen LogP contribution in [0.15, 0.2) is 83.7 Å². The Kier molecular flexibility index (Phi) is 10.9. The fourth-order valence-corrected chi connectivity index (χ4v) is 6.98. The summed E-state index contributed by atoms with van der Waals surface area (Å²) in [7, 11) is -1.34. The molecule has 0 atom stereocenters. The summed E-state index contributed by atoms with van der Waals surface area (Å²) in [6.07, 6.45) is 10.9. The van der Waals surface area contributed by atoms with Gasteiger partial charge in [0.05, 0.1) is 13.7 Å². The van der Waals surface area contributed by atoms with Gasteiger partial charge in [-0.2, -0.15) is 0 Å². The molecule has 235 valence electrons. The molecule has 5 aromatic heterocycles. The molecular formula is C38H42IrN4OSi-2. The third-order valence-corrected chi connectivity index (χ3v) is 9.34. The standard InChI is InChI=1S/C20H18N3O.C18H24NSi.Ir/c1-20(2,3)11-13-6-8-21-16(9-13)14-10-17-18(23-12-14)15-5-4-7-22-19(15)24-17;1-14(2)11-16-12-17(15-9-7-6-8-10-15)19-13-18(16)20(3,4)5;/h4-10H,11H2,1-3H3;6-9,12-14H,11H2,1-5H3;/q2*-1;. The largest absolute Gasteiger partial charge is 0.457 e. The van der Waals surface area contributed by atoms with Crippen molar-refractivity contribution in [1.29, 1.82) is 0 Å². The molecular weight excluding hydrogens is 749 g/mol. The van der Waals surface area contributed by atoms with E-state index in [1.807, 2.05) is 42.6 Å². The van der Waals surface area contributed by atoms with Crippen molar-refractivity contribution in [2.45, 2.75) is 67.1 Å². The van der Waals surface area contributed by atoms with Crippen molar-refractivity contribution in [3.05, 3.63) is 103 Å². The van der Waals surface area contributed by atoms with E-state index in [-0.39, 0.29) is 25.5 Å². The first-order valence-corrected chi connectivity index (χ1v) is 18.8. The van der Waals surface area contributed by atoms with Crippen molar-refractivity contribution in [2.24, 2.45) is 11.3 Å². The minimum absolute atomic E-state index is 0. The van der Waals surface area contributed by atoms with Crippen molar-refractivity contribution in [2.75, 3.05) is 0 Å². The Morgan fingerprint density at radius 1 is 0.867 bits per heavy atom. The Balaban J connectivity index is 0.000000204. The molecule has 0 unspecified atom stereocenters. The molecule has 0 amide bonds. The Bertz CT molecular complexity index is 1870. The molecule has 1 radical (unpaired) electrons. The van der Waals surface area contributed by atoms with Crippen LogP contribution >= 0.6 is 0 Å². The fraction of sp³-hybridized carbons (Fsp3) is 0.316. The second-order valence-electron chi connectivity index (χ2n) is 14.1. The number of pyridine rings is 4. The number of fused-ring (bicyclic) bond motifs is 3. The van der Waals surface area contributed by atoms with E-state index in [0.29, 0.717) is 17.2 Å². The van der Waals surface area contributed by atoms with Gasteiger partial charge in [-0.25, -0.2) is 4.98 Å². The number of rotatable bonds is 6. The van der Waals surface area contributed by atoms with Crippen molar-refractivity contribution >= 4 is 35.5 Å². The van der Waals surface area contributed by atoms with Crippen LogP contribution < -0.4 is 5.19 Å². The van der Waals surface area contributed by atoms with E-state index in [9.17, 15) is 0 Å². The maximum absolute atomic E-state index is 5.80. The molecule has 0 aliphatic rings. The van der Waals surface area contributed by atoms with Gasteiger partial charge in [0.25, 0.3) is 0 Å². The number of furan rings is 1. The fourth-order valence-electron chi connectivity index (χ4n) is 5.39. The Hall–Kier alpha value is -3.51. The number of benzene rings is 1. The van der Waals surface area contributed by atoms with Crippen LogP contribution in [0.4, 0.5) is 0 Å². The molecule has 0 N–H and O–H groups in total. The first-order chi connectivity index (χ1) is 20.9. The summed E-state index contributed by atoms with van der Waals surface area (Å²) in [6, 6.07) is 23.6. The molecule has 6 aromatic rings. The van der Waals surface area contributed by atoms with Gasteiger partial charge in [0, 0.05) is 49.6 Å². The first kappa shape index (κ1) is 34.4. The third-order valence-electron chi connectivity index (χ3n) is 7.28. The summed E-state index contributed by atoms with van der Waals surface area (Å²) in [5.41, 5.74) is 8.87. The summed E-state index contributed by atoms with van der Waals surface area (Å²) < 4.78 is 5.80. The van der Waals surface area contributed by atoms with Gasteiger partial charge in [0.15, 0.2) is 0 Å². The minimum atomic E-state index is -1.34. The van der Waals surface area contributed by atoms with Crippen molar-refractivity contribution in [3.8, 4) is 22.5 Å². The normalized spacial score (nSPS) is 11.8. The van der Waals surface area contributed by atoms with E-state index in [0.717, 1.165) is 46.3 Å². The van der Waals surface area contributed by atoms with Crippen LogP contribution in [0.5, 0.6) is 0 Å². The van der Waals surface area contributed by atoms with E-state index < -0.39 is 8.07 Å². The molecule has 1 aromatic carbocycles. The van der Waals surface area contributed by atoms with E-state index in [1.165, 1.54) is 16.3 Å². The Morgan fingerprint density at radius 2 is 1.64 bits per heavy atom. The van der Waals surface area contributed by atoms with Gasteiger partial charge in [-0.05, 0) is 59.1 Å². The summed E-state index contributed by atoms with van der Waals surface area (Å²) in [4.78, 5) is 17.8. The summed E-state index contributed by atoms with van der Waals surface area (Å²) in [6.45, 7) is 18.4. The average Bonchev–Trinajstić information content (AvgIpc) is 3.34. The number of nitrogens with zero attached hydrogens (tertiary/aromatic N) is 4. The van der Waals surface area contributed by atoms with Gasteiger partial charge < -0.3 is 19.4 Å². The van der Waals surface area contributed by atoms with Crippen molar-refractivity contribution in [3.63, 3.8) is 0 Å². The molecule has 0 bridgehead atoms. The van der Waals surface area contributed by atoms with Gasteiger partial charge >= 0.3 is 0 Å². The van der Waals surface area contributed by atoms with Crippen LogP contribution in [0.3, 0.4) is 0 Å². The van der Waals surface area contributed by atoms with Gasteiger partial charge in [0.2, 0.25) is 5.71 Å². The molecule has 45 heavy (non-hydrogen) atoms. The van der Waals surface area contributed by atoms with Crippen LogP contribution in [0.25, 0.3) is 44.7 Å². The number of aromatic nitrogens is 4. The van der Waals surface area contributed by atoms with Crippen molar-refractivity contribution < 1.29 is 24.5 Å². The molecule has 0 aliphatic heterocycles. The molecule has 0 aliphatic carbocycles. The van der Waals surface area contributed by atoms with Gasteiger partial charge in [-0.3, -0.25) is 0 Å². The van der Waals surface area contributed by atoms with Crippen LogP contribution in [0, 0.1) is 23.6 Å². The van der Waals surface area contributed by atoms with E-state index >= 15 is 0 Å². The SMILES string of the molecule is CC(C)(C)Cc1ccnc(-c2[c-]nc3c(c2)oc2ncccc23)c1.CC(C)Cc1cc(-c2[c-]cccc2)ncc1[Si](C)(C)C.[Ir]. The quantitative estimate of drug-likeness (QED) is 0.125. The van der Waals surface area contributed by atoms with Gasteiger partial charge in [-0.15, -0.1) is 41.5 Å². The second-order valence-corrected chi connectivity index (χ2v) is 19.1. The predicted octanol–water partition coefficient (Wildman–Crippen LogP) is 9.12. The Labute approximate surface area is 282 Å². The van der Waals surface area contributed by atoms with Crippen LogP contribution in [-0.2, 0) is 32.9 Å². The minimum Gasteiger partial charge on any atom is -0.457 e.